The fraction of sp³-hybridized carbons (Fsp3) is 0.0857. The molecule has 0 spiro atoms. The zero-order valence-electron chi connectivity index (χ0n) is 25.6. The molecular formula is C35H30N12O. The van der Waals surface area contributed by atoms with Gasteiger partial charge in [0.2, 0.25) is 0 Å². The van der Waals surface area contributed by atoms with E-state index >= 15 is 0 Å². The first-order valence-corrected chi connectivity index (χ1v) is 15.1. The zero-order chi connectivity index (χ0) is 33.0. The molecule has 13 heteroatoms. The van der Waals surface area contributed by atoms with Crippen molar-refractivity contribution in [3.05, 3.63) is 125 Å². The number of nitrogens with one attached hydrogen (secondary N) is 4. The fourth-order valence-corrected chi connectivity index (χ4v) is 5.67. The molecule has 4 aromatic carbocycles. The first-order chi connectivity index (χ1) is 23.5. The van der Waals surface area contributed by atoms with Gasteiger partial charge in [0, 0.05) is 64.1 Å². The van der Waals surface area contributed by atoms with Crippen LogP contribution in [0.4, 0.5) is 34.4 Å². The van der Waals surface area contributed by atoms with Crippen LogP contribution >= 0.6 is 0 Å². The summed E-state index contributed by atoms with van der Waals surface area (Å²) in [4.78, 5) is 24.2. The number of hydrazine groups is 1. The first kappa shape index (κ1) is 29.9. The molecule has 0 radical (unpaired) electrons. The lowest BCUT2D eigenvalue weighted by Crippen LogP contribution is -2.35. The number of aromatic nitrogens is 2. The summed E-state index contributed by atoms with van der Waals surface area (Å²) in [7, 11) is 0. The lowest BCUT2D eigenvalue weighted by atomic mass is 9.92. The number of rotatable bonds is 8. The van der Waals surface area contributed by atoms with Gasteiger partial charge < -0.3 is 22.2 Å². The number of pyridine rings is 2. The molecule has 1 aliphatic heterocycles. The monoisotopic (exact) mass is 634 g/mol. The minimum atomic E-state index is -0.323. The standard InChI is InChI=1S/C35H30N12O/c36-32(47-48)20-8-12-24(13-9-20)44-46-31-28-7-3-6-26(29(28)19-40-34(31)38)23-17-41-35(42-18-23)21-10-14-25(15-11-21)43-45-30-27-5-2-1-4-22(27)16-39-33(30)37/h1-16,19,23,36,44,46H,17-18H2,(H2,37,39)(H2,38,40)(H,41,42). The van der Waals surface area contributed by atoms with Gasteiger partial charge in [-0.3, -0.25) is 15.8 Å². The molecule has 3 heterocycles. The molecule has 2 aromatic heterocycles. The van der Waals surface area contributed by atoms with Crippen molar-refractivity contribution in [3.8, 4) is 0 Å². The van der Waals surface area contributed by atoms with Crippen molar-refractivity contribution >= 4 is 67.6 Å². The molecule has 13 nitrogen and oxygen atoms in total. The molecule has 0 bridgehead atoms. The Morgan fingerprint density at radius 2 is 1.58 bits per heavy atom. The largest absolute Gasteiger partial charge is 0.382 e. The molecular weight excluding hydrogens is 604 g/mol. The minimum Gasteiger partial charge on any atom is -0.382 e. The summed E-state index contributed by atoms with van der Waals surface area (Å²) in [5.74, 6) is 1.29. The van der Waals surface area contributed by atoms with Crippen molar-refractivity contribution in [1.82, 2.24) is 15.3 Å². The molecule has 1 unspecified atom stereocenters. The topological polar surface area (TPSA) is 204 Å². The number of nitroso groups, excluding NO2 is 1. The SMILES string of the molecule is N=C(N=O)c1ccc(NNc2c(N)ncc3c(C4CN=C(c5ccc(N=Nc6c(N)ncc7ccccc67)cc5)NC4)cccc23)cc1. The highest BCUT2D eigenvalue weighted by molar-refractivity contribution is 6.02. The molecule has 48 heavy (non-hydrogen) atoms. The van der Waals surface area contributed by atoms with Gasteiger partial charge in [0.1, 0.15) is 23.0 Å². The minimum absolute atomic E-state index is 0.116. The summed E-state index contributed by atoms with van der Waals surface area (Å²) < 4.78 is 0. The second-order valence-corrected chi connectivity index (χ2v) is 11.2. The van der Waals surface area contributed by atoms with E-state index in [-0.39, 0.29) is 11.8 Å². The second kappa shape index (κ2) is 12.9. The van der Waals surface area contributed by atoms with Crippen LogP contribution in [0.3, 0.4) is 0 Å². The number of nitrogens with zero attached hydrogens (tertiary/aromatic N) is 6. The van der Waals surface area contributed by atoms with Gasteiger partial charge in [0.15, 0.2) is 11.7 Å². The average Bonchev–Trinajstić information content (AvgIpc) is 3.14. The van der Waals surface area contributed by atoms with Gasteiger partial charge in [-0.2, -0.15) is 5.11 Å². The van der Waals surface area contributed by atoms with E-state index in [9.17, 15) is 4.91 Å². The van der Waals surface area contributed by atoms with Crippen LogP contribution in [0.1, 0.15) is 22.6 Å². The maximum atomic E-state index is 10.6. The first-order valence-electron chi connectivity index (χ1n) is 15.1. The van der Waals surface area contributed by atoms with Crippen LogP contribution in [0.25, 0.3) is 21.5 Å². The van der Waals surface area contributed by atoms with E-state index < -0.39 is 0 Å². The number of hydrogen-bond donors (Lipinski definition) is 6. The Morgan fingerprint density at radius 1 is 0.812 bits per heavy atom. The molecule has 1 aliphatic rings. The van der Waals surface area contributed by atoms with Crippen molar-refractivity contribution in [3.63, 3.8) is 0 Å². The third-order valence-electron chi connectivity index (χ3n) is 8.21. The molecule has 0 fully saturated rings. The molecule has 1 atom stereocenters. The third-order valence-corrected chi connectivity index (χ3v) is 8.21. The van der Waals surface area contributed by atoms with E-state index in [1.165, 1.54) is 0 Å². The number of hydrogen-bond acceptors (Lipinski definition) is 12. The lowest BCUT2D eigenvalue weighted by Gasteiger charge is -2.25. The van der Waals surface area contributed by atoms with Gasteiger partial charge >= 0.3 is 0 Å². The number of benzene rings is 4. The van der Waals surface area contributed by atoms with Crippen molar-refractivity contribution in [2.24, 2.45) is 20.4 Å². The quantitative estimate of drug-likeness (QED) is 0.0336. The molecule has 7 rings (SSSR count). The van der Waals surface area contributed by atoms with E-state index in [1.54, 1.807) is 36.7 Å². The Kier molecular flexibility index (Phi) is 8.06. The Balaban J connectivity index is 1.05. The smallest absolute Gasteiger partial charge is 0.196 e. The second-order valence-electron chi connectivity index (χ2n) is 11.2. The van der Waals surface area contributed by atoms with E-state index in [4.69, 9.17) is 21.9 Å². The van der Waals surface area contributed by atoms with Crippen molar-refractivity contribution < 1.29 is 0 Å². The summed E-state index contributed by atoms with van der Waals surface area (Å²) in [6.45, 7) is 1.29. The summed E-state index contributed by atoms with van der Waals surface area (Å²) in [5, 5.41) is 26.3. The van der Waals surface area contributed by atoms with Crippen molar-refractivity contribution in [2.75, 3.05) is 35.4 Å². The molecule has 6 aromatic rings. The predicted molar refractivity (Wildman–Crippen MR) is 191 cm³/mol. The van der Waals surface area contributed by atoms with Crippen LogP contribution < -0.4 is 27.6 Å². The van der Waals surface area contributed by atoms with Gasteiger partial charge in [-0.1, -0.05) is 42.5 Å². The van der Waals surface area contributed by atoms with Crippen LogP contribution in [0.5, 0.6) is 0 Å². The molecule has 0 aliphatic carbocycles. The Hall–Kier alpha value is -6.76. The summed E-state index contributed by atoms with van der Waals surface area (Å²) in [5.41, 5.74) is 23.8. The average molecular weight is 635 g/mol. The number of azo groups is 1. The normalized spacial score (nSPS) is 14.4. The number of amidine groups is 2. The van der Waals surface area contributed by atoms with Gasteiger partial charge in [-0.05, 0) is 59.3 Å². The van der Waals surface area contributed by atoms with Crippen LogP contribution in [0.2, 0.25) is 0 Å². The number of nitrogen functional groups attached to an aromatic ring is 2. The fourth-order valence-electron chi connectivity index (χ4n) is 5.67. The molecule has 0 saturated heterocycles. The number of anilines is 4. The highest BCUT2D eigenvalue weighted by Crippen LogP contribution is 2.34. The molecule has 0 amide bonds. The van der Waals surface area contributed by atoms with Gasteiger partial charge in [-0.25, -0.2) is 9.97 Å². The summed E-state index contributed by atoms with van der Waals surface area (Å²) in [6, 6.07) is 28.4. The van der Waals surface area contributed by atoms with Gasteiger partial charge in [-0.15, -0.1) is 10.0 Å². The van der Waals surface area contributed by atoms with E-state index in [0.717, 1.165) is 38.5 Å². The highest BCUT2D eigenvalue weighted by atomic mass is 16.3. The zero-order valence-corrected chi connectivity index (χ0v) is 25.6. The number of fused-ring (bicyclic) bond motifs is 2. The van der Waals surface area contributed by atoms with Crippen LogP contribution in [0.15, 0.2) is 124 Å². The van der Waals surface area contributed by atoms with E-state index in [2.05, 4.69) is 47.6 Å². The third kappa shape index (κ3) is 5.95. The van der Waals surface area contributed by atoms with Crippen molar-refractivity contribution in [2.45, 2.75) is 5.92 Å². The maximum absolute atomic E-state index is 10.6. The van der Waals surface area contributed by atoms with Crippen LogP contribution in [-0.4, -0.2) is 34.7 Å². The summed E-state index contributed by atoms with van der Waals surface area (Å²) in [6.07, 6.45) is 3.53. The van der Waals surface area contributed by atoms with Gasteiger partial charge in [0.05, 0.1) is 11.4 Å². The van der Waals surface area contributed by atoms with Crippen LogP contribution in [0, 0.1) is 10.3 Å². The van der Waals surface area contributed by atoms with E-state index in [1.807, 2.05) is 60.7 Å². The Bertz CT molecular complexity index is 2230. The van der Waals surface area contributed by atoms with Crippen LogP contribution in [-0.2, 0) is 0 Å². The predicted octanol–water partition coefficient (Wildman–Crippen LogP) is 7.03. The van der Waals surface area contributed by atoms with E-state index in [0.29, 0.717) is 53.0 Å². The van der Waals surface area contributed by atoms with Gasteiger partial charge in [0.25, 0.3) is 0 Å². The maximum Gasteiger partial charge on any atom is 0.196 e. The summed E-state index contributed by atoms with van der Waals surface area (Å²) >= 11 is 0. The van der Waals surface area contributed by atoms with Crippen molar-refractivity contribution in [1.29, 1.82) is 5.41 Å². The lowest BCUT2D eigenvalue weighted by molar-refractivity contribution is 0.643. The Morgan fingerprint density at radius 3 is 2.35 bits per heavy atom. The number of nitrogens with two attached hydrogens (primary N) is 2. The highest BCUT2D eigenvalue weighted by Gasteiger charge is 2.21. The molecule has 236 valence electrons. The Labute approximate surface area is 274 Å². The number of aliphatic imine (C=N–C) groups is 1. The molecule has 0 saturated carbocycles. The molecule has 8 N–H and O–H groups in total.